The Morgan fingerprint density at radius 1 is 1.30 bits per heavy atom. The van der Waals surface area contributed by atoms with E-state index in [2.05, 4.69) is 5.10 Å². The number of hydrogen-bond acceptors (Lipinski definition) is 8. The van der Waals surface area contributed by atoms with Gasteiger partial charge < -0.3 is 14.4 Å². The smallest absolute Gasteiger partial charge is 0.325 e. The molecule has 1 aromatic heterocycles. The molecule has 30 heavy (non-hydrogen) atoms. The van der Waals surface area contributed by atoms with Crippen LogP contribution in [0.25, 0.3) is 5.69 Å². The van der Waals surface area contributed by atoms with Gasteiger partial charge in [0.05, 0.1) is 18.1 Å². The first-order valence-corrected chi connectivity index (χ1v) is 9.08. The maximum atomic E-state index is 13.0. The number of nitrogens with zero attached hydrogens (tertiary/aromatic N) is 4. The molecule has 0 bridgehead atoms. The van der Waals surface area contributed by atoms with Crippen molar-refractivity contribution in [2.24, 2.45) is 0 Å². The van der Waals surface area contributed by atoms with E-state index in [1.54, 1.807) is 19.9 Å². The highest BCUT2D eigenvalue weighted by atomic mass is 16.6. The van der Waals surface area contributed by atoms with E-state index >= 15 is 0 Å². The van der Waals surface area contributed by atoms with Gasteiger partial charge in [0, 0.05) is 31.5 Å². The third-order valence-electron chi connectivity index (χ3n) is 4.09. The minimum atomic E-state index is -0.808. The van der Waals surface area contributed by atoms with Crippen molar-refractivity contribution in [2.45, 2.75) is 13.8 Å². The van der Waals surface area contributed by atoms with Crippen molar-refractivity contribution >= 4 is 17.6 Å². The van der Waals surface area contributed by atoms with Crippen LogP contribution in [0.3, 0.4) is 0 Å². The molecule has 0 spiro atoms. The number of rotatable bonds is 9. The fraction of sp³-hybridized carbons (Fsp3) is 0.368. The highest BCUT2D eigenvalue weighted by Gasteiger charge is 2.25. The van der Waals surface area contributed by atoms with E-state index in [-0.39, 0.29) is 31.1 Å². The Kier molecular flexibility index (Phi) is 7.76. The van der Waals surface area contributed by atoms with Gasteiger partial charge in [0.1, 0.15) is 12.2 Å². The number of esters is 1. The van der Waals surface area contributed by atoms with Crippen molar-refractivity contribution in [3.8, 4) is 5.69 Å². The standard InChI is InChI=1S/C19H22N4O7/c1-4-30-17(25)12-21(9-10-29-3)19(26)18-16(24)11-13(2)22(20-18)14-7-5-6-8-15(14)23(27)28/h5-8,11H,4,9-10,12H2,1-3H3. The van der Waals surface area contributed by atoms with Gasteiger partial charge in [-0.3, -0.25) is 24.5 Å². The predicted octanol–water partition coefficient (Wildman–Crippen LogP) is 1.10. The normalized spacial score (nSPS) is 10.5. The second-order valence-electron chi connectivity index (χ2n) is 6.18. The number of methoxy groups -OCH3 is 1. The topological polar surface area (TPSA) is 134 Å². The number of amides is 1. The van der Waals surface area contributed by atoms with Gasteiger partial charge in [0.25, 0.3) is 11.6 Å². The van der Waals surface area contributed by atoms with Crippen molar-refractivity contribution in [3.05, 3.63) is 62.1 Å². The molecule has 160 valence electrons. The summed E-state index contributed by atoms with van der Waals surface area (Å²) in [6, 6.07) is 6.99. The highest BCUT2D eigenvalue weighted by molar-refractivity contribution is 5.94. The minimum absolute atomic E-state index is 0.0224. The molecule has 0 aliphatic carbocycles. The Balaban J connectivity index is 2.51. The van der Waals surface area contributed by atoms with Gasteiger partial charge in [-0.1, -0.05) is 12.1 Å². The Hall–Kier alpha value is -3.60. The second kappa shape index (κ2) is 10.3. The van der Waals surface area contributed by atoms with Crippen LogP contribution < -0.4 is 5.43 Å². The number of aromatic nitrogens is 2. The van der Waals surface area contributed by atoms with Crippen LogP contribution in [0.15, 0.2) is 35.1 Å². The molecule has 2 rings (SSSR count). The summed E-state index contributed by atoms with van der Waals surface area (Å²) in [7, 11) is 1.43. The summed E-state index contributed by atoms with van der Waals surface area (Å²) in [5, 5.41) is 15.4. The fourth-order valence-electron chi connectivity index (χ4n) is 2.70. The summed E-state index contributed by atoms with van der Waals surface area (Å²) in [6.45, 7) is 3.06. The lowest BCUT2D eigenvalue weighted by atomic mass is 10.2. The third kappa shape index (κ3) is 5.26. The van der Waals surface area contributed by atoms with Crippen LogP contribution in [0.5, 0.6) is 0 Å². The molecular weight excluding hydrogens is 396 g/mol. The zero-order valence-corrected chi connectivity index (χ0v) is 16.9. The molecular formula is C19H22N4O7. The van der Waals surface area contributed by atoms with Crippen molar-refractivity contribution in [3.63, 3.8) is 0 Å². The molecule has 1 heterocycles. The van der Waals surface area contributed by atoms with Crippen LogP contribution in [-0.4, -0.2) is 64.9 Å². The lowest BCUT2D eigenvalue weighted by Crippen LogP contribution is -2.41. The molecule has 11 heteroatoms. The zero-order chi connectivity index (χ0) is 22.3. The molecule has 0 atom stereocenters. The third-order valence-corrected chi connectivity index (χ3v) is 4.09. The lowest BCUT2D eigenvalue weighted by molar-refractivity contribution is -0.384. The van der Waals surface area contributed by atoms with Gasteiger partial charge >= 0.3 is 5.97 Å². The molecule has 11 nitrogen and oxygen atoms in total. The highest BCUT2D eigenvalue weighted by Crippen LogP contribution is 2.22. The number of para-hydroxylation sites is 2. The SMILES string of the molecule is CCOC(=O)CN(CCOC)C(=O)c1nn(-c2ccccc2[N+](=O)[O-])c(C)cc1=O. The fourth-order valence-corrected chi connectivity index (χ4v) is 2.70. The number of ether oxygens (including phenoxy) is 2. The van der Waals surface area contributed by atoms with Crippen LogP contribution in [0.4, 0.5) is 5.69 Å². The molecule has 0 radical (unpaired) electrons. The van der Waals surface area contributed by atoms with E-state index in [4.69, 9.17) is 9.47 Å². The number of hydrogen-bond donors (Lipinski definition) is 0. The summed E-state index contributed by atoms with van der Waals surface area (Å²) in [4.78, 5) is 49.2. The molecule has 0 N–H and O–H groups in total. The Bertz CT molecular complexity index is 1000. The molecule has 0 aliphatic rings. The summed E-state index contributed by atoms with van der Waals surface area (Å²) in [5.41, 5.74) is -0.974. The lowest BCUT2D eigenvalue weighted by Gasteiger charge is -2.21. The van der Waals surface area contributed by atoms with Crippen molar-refractivity contribution in [2.75, 3.05) is 33.4 Å². The summed E-state index contributed by atoms with van der Waals surface area (Å²) in [6.07, 6.45) is 0. The number of nitro groups is 1. The summed E-state index contributed by atoms with van der Waals surface area (Å²) < 4.78 is 11.0. The van der Waals surface area contributed by atoms with E-state index in [1.807, 2.05) is 0 Å². The zero-order valence-electron chi connectivity index (χ0n) is 16.9. The maximum absolute atomic E-state index is 13.0. The van der Waals surface area contributed by atoms with Crippen LogP contribution in [-0.2, 0) is 14.3 Å². The molecule has 1 amide bonds. The molecule has 0 unspecified atom stereocenters. The number of aryl methyl sites for hydroxylation is 1. The van der Waals surface area contributed by atoms with E-state index in [1.165, 1.54) is 25.3 Å². The first kappa shape index (κ1) is 22.7. The molecule has 1 aromatic carbocycles. The average molecular weight is 418 g/mol. The monoisotopic (exact) mass is 418 g/mol. The minimum Gasteiger partial charge on any atom is -0.465 e. The quantitative estimate of drug-likeness (QED) is 0.336. The van der Waals surface area contributed by atoms with Crippen LogP contribution in [0.2, 0.25) is 0 Å². The average Bonchev–Trinajstić information content (AvgIpc) is 2.71. The maximum Gasteiger partial charge on any atom is 0.325 e. The molecule has 0 aliphatic heterocycles. The van der Waals surface area contributed by atoms with Crippen molar-refractivity contribution in [1.29, 1.82) is 0 Å². The van der Waals surface area contributed by atoms with Crippen LogP contribution >= 0.6 is 0 Å². The first-order chi connectivity index (χ1) is 14.3. The Morgan fingerprint density at radius 3 is 2.63 bits per heavy atom. The van der Waals surface area contributed by atoms with Crippen LogP contribution in [0.1, 0.15) is 23.1 Å². The Morgan fingerprint density at radius 2 is 2.00 bits per heavy atom. The van der Waals surface area contributed by atoms with E-state index < -0.39 is 34.5 Å². The van der Waals surface area contributed by atoms with Crippen molar-refractivity contribution < 1.29 is 24.0 Å². The van der Waals surface area contributed by atoms with Gasteiger partial charge in [-0.25, -0.2) is 4.68 Å². The number of nitro benzene ring substituents is 1. The largest absolute Gasteiger partial charge is 0.465 e. The Labute approximate surface area is 172 Å². The van der Waals surface area contributed by atoms with E-state index in [9.17, 15) is 24.5 Å². The van der Waals surface area contributed by atoms with E-state index in [0.717, 1.165) is 15.6 Å². The number of carbonyl (C=O) groups excluding carboxylic acids is 2. The van der Waals surface area contributed by atoms with Gasteiger partial charge in [0.2, 0.25) is 5.43 Å². The van der Waals surface area contributed by atoms with Crippen molar-refractivity contribution in [1.82, 2.24) is 14.7 Å². The van der Waals surface area contributed by atoms with Gasteiger partial charge in [0.15, 0.2) is 5.69 Å². The molecule has 2 aromatic rings. The van der Waals surface area contributed by atoms with E-state index in [0.29, 0.717) is 5.69 Å². The predicted molar refractivity (Wildman–Crippen MR) is 106 cm³/mol. The summed E-state index contributed by atoms with van der Waals surface area (Å²) in [5.74, 6) is -1.45. The number of benzene rings is 1. The van der Waals surface area contributed by atoms with Crippen LogP contribution in [0, 0.1) is 17.0 Å². The van der Waals surface area contributed by atoms with Gasteiger partial charge in [-0.15, -0.1) is 0 Å². The number of carbonyl (C=O) groups is 2. The second-order valence-corrected chi connectivity index (χ2v) is 6.18. The summed E-state index contributed by atoms with van der Waals surface area (Å²) >= 11 is 0. The molecule has 0 fully saturated rings. The molecule has 0 saturated carbocycles. The van der Waals surface area contributed by atoms with Gasteiger partial charge in [-0.2, -0.15) is 5.10 Å². The molecule has 0 saturated heterocycles. The van der Waals surface area contributed by atoms with Gasteiger partial charge in [-0.05, 0) is 19.9 Å². The first-order valence-electron chi connectivity index (χ1n) is 9.08.